The Kier molecular flexibility index (Phi) is 9.42. The Balaban J connectivity index is 1.84. The van der Waals surface area contributed by atoms with Gasteiger partial charge in [-0.05, 0) is 50.4 Å². The van der Waals surface area contributed by atoms with Crippen LogP contribution in [0.4, 0.5) is 0 Å². The number of benzene rings is 1. The molecule has 1 atom stereocenters. The van der Waals surface area contributed by atoms with Crippen molar-refractivity contribution >= 4 is 5.96 Å². The van der Waals surface area contributed by atoms with E-state index in [1.807, 2.05) is 7.05 Å². The standard InChI is InChI=1S/C21H36N4O2/c1-5-25-10-6-7-18(16-25)14-23-21(22-3)24-15-19-9-8-17(2)13-20(19)27-12-11-26-4/h8-9,13,18H,5-7,10-12,14-16H2,1-4H3,(H2,22,23,24). The Morgan fingerprint density at radius 2 is 2.15 bits per heavy atom. The van der Waals surface area contributed by atoms with Gasteiger partial charge in [0.2, 0.25) is 0 Å². The minimum absolute atomic E-state index is 0.551. The molecule has 1 aliphatic rings. The van der Waals surface area contributed by atoms with Gasteiger partial charge in [-0.25, -0.2) is 0 Å². The smallest absolute Gasteiger partial charge is 0.191 e. The molecule has 0 aliphatic carbocycles. The number of methoxy groups -OCH3 is 1. The molecule has 0 amide bonds. The van der Waals surface area contributed by atoms with E-state index in [0.29, 0.717) is 25.7 Å². The number of hydrogen-bond acceptors (Lipinski definition) is 4. The molecule has 6 heteroatoms. The summed E-state index contributed by atoms with van der Waals surface area (Å²) in [6, 6.07) is 6.29. The van der Waals surface area contributed by atoms with Crippen molar-refractivity contribution in [2.75, 3.05) is 53.6 Å². The first-order chi connectivity index (χ1) is 13.2. The Bertz CT molecular complexity index is 592. The lowest BCUT2D eigenvalue weighted by atomic mass is 9.98. The third kappa shape index (κ3) is 7.39. The lowest BCUT2D eigenvalue weighted by Crippen LogP contribution is -2.44. The van der Waals surface area contributed by atoms with Crippen LogP contribution >= 0.6 is 0 Å². The third-order valence-corrected chi connectivity index (χ3v) is 5.05. The van der Waals surface area contributed by atoms with Crippen LogP contribution in [0.25, 0.3) is 0 Å². The van der Waals surface area contributed by atoms with E-state index in [-0.39, 0.29) is 0 Å². The number of nitrogens with zero attached hydrogens (tertiary/aromatic N) is 2. The Morgan fingerprint density at radius 1 is 1.30 bits per heavy atom. The number of nitrogens with one attached hydrogen (secondary N) is 2. The maximum Gasteiger partial charge on any atom is 0.191 e. The van der Waals surface area contributed by atoms with Crippen LogP contribution in [-0.2, 0) is 11.3 Å². The van der Waals surface area contributed by atoms with Crippen LogP contribution in [0, 0.1) is 12.8 Å². The van der Waals surface area contributed by atoms with Crippen LogP contribution in [0.2, 0.25) is 0 Å². The molecule has 6 nitrogen and oxygen atoms in total. The minimum atomic E-state index is 0.551. The lowest BCUT2D eigenvalue weighted by Gasteiger charge is -2.32. The normalized spacial score (nSPS) is 18.4. The van der Waals surface area contributed by atoms with Crippen molar-refractivity contribution in [3.63, 3.8) is 0 Å². The summed E-state index contributed by atoms with van der Waals surface area (Å²) in [5.74, 6) is 2.43. The second kappa shape index (κ2) is 11.8. The van der Waals surface area contributed by atoms with Crippen molar-refractivity contribution in [3.8, 4) is 5.75 Å². The van der Waals surface area contributed by atoms with E-state index in [4.69, 9.17) is 9.47 Å². The number of rotatable bonds is 9. The highest BCUT2D eigenvalue weighted by Crippen LogP contribution is 2.20. The van der Waals surface area contributed by atoms with Gasteiger partial charge in [-0.2, -0.15) is 0 Å². The van der Waals surface area contributed by atoms with Crippen molar-refractivity contribution in [2.45, 2.75) is 33.2 Å². The summed E-state index contributed by atoms with van der Waals surface area (Å²) in [5, 5.41) is 6.90. The number of guanidine groups is 1. The molecule has 1 saturated heterocycles. The zero-order chi connectivity index (χ0) is 19.5. The van der Waals surface area contributed by atoms with Crippen LogP contribution in [0.1, 0.15) is 30.9 Å². The fourth-order valence-electron chi connectivity index (χ4n) is 3.42. The summed E-state index contributed by atoms with van der Waals surface area (Å²) in [6.07, 6.45) is 2.58. The highest BCUT2D eigenvalue weighted by atomic mass is 16.5. The van der Waals surface area contributed by atoms with Crippen LogP contribution in [-0.4, -0.2) is 64.4 Å². The molecular formula is C21H36N4O2. The van der Waals surface area contributed by atoms with Crippen LogP contribution in [0.15, 0.2) is 23.2 Å². The average molecular weight is 377 g/mol. The largest absolute Gasteiger partial charge is 0.491 e. The zero-order valence-electron chi connectivity index (χ0n) is 17.4. The van der Waals surface area contributed by atoms with Gasteiger partial charge in [0.05, 0.1) is 6.61 Å². The molecule has 0 bridgehead atoms. The lowest BCUT2D eigenvalue weighted by molar-refractivity contribution is 0.145. The van der Waals surface area contributed by atoms with Crippen molar-refractivity contribution in [2.24, 2.45) is 10.9 Å². The molecule has 1 aromatic carbocycles. The second-order valence-electron chi connectivity index (χ2n) is 7.16. The Labute approximate surface area is 164 Å². The first-order valence-corrected chi connectivity index (χ1v) is 10.0. The maximum atomic E-state index is 5.87. The molecule has 2 rings (SSSR count). The summed E-state index contributed by atoms with van der Waals surface area (Å²) < 4.78 is 11.0. The molecule has 1 fully saturated rings. The molecule has 152 valence electrons. The highest BCUT2D eigenvalue weighted by Gasteiger charge is 2.18. The number of ether oxygens (including phenoxy) is 2. The summed E-state index contributed by atoms with van der Waals surface area (Å²) in [6.45, 7) is 10.6. The number of hydrogen-bond donors (Lipinski definition) is 2. The van der Waals surface area contributed by atoms with Gasteiger partial charge < -0.3 is 25.0 Å². The molecule has 1 aromatic rings. The number of piperidine rings is 1. The predicted octanol–water partition coefficient (Wildman–Crippen LogP) is 2.42. The van der Waals surface area contributed by atoms with Gasteiger partial charge in [0.1, 0.15) is 12.4 Å². The van der Waals surface area contributed by atoms with E-state index >= 15 is 0 Å². The van der Waals surface area contributed by atoms with E-state index in [0.717, 1.165) is 30.4 Å². The summed E-state index contributed by atoms with van der Waals surface area (Å²) >= 11 is 0. The van der Waals surface area contributed by atoms with Crippen molar-refractivity contribution in [1.29, 1.82) is 0 Å². The average Bonchev–Trinajstić information content (AvgIpc) is 2.69. The van der Waals surface area contributed by atoms with Gasteiger partial charge in [-0.1, -0.05) is 19.1 Å². The number of aryl methyl sites for hydroxylation is 1. The summed E-state index contributed by atoms with van der Waals surface area (Å²) in [5.41, 5.74) is 2.31. The van der Waals surface area contributed by atoms with E-state index in [1.54, 1.807) is 7.11 Å². The van der Waals surface area contributed by atoms with Crippen LogP contribution in [0.5, 0.6) is 5.75 Å². The zero-order valence-corrected chi connectivity index (χ0v) is 17.4. The summed E-state index contributed by atoms with van der Waals surface area (Å²) in [7, 11) is 3.50. The van der Waals surface area contributed by atoms with Gasteiger partial charge in [0.15, 0.2) is 5.96 Å². The highest BCUT2D eigenvalue weighted by molar-refractivity contribution is 5.79. The van der Waals surface area contributed by atoms with Gasteiger partial charge in [0.25, 0.3) is 0 Å². The fourth-order valence-corrected chi connectivity index (χ4v) is 3.42. The first-order valence-electron chi connectivity index (χ1n) is 10.0. The number of aliphatic imine (C=N–C) groups is 1. The van der Waals surface area contributed by atoms with E-state index in [1.165, 1.54) is 31.5 Å². The molecular weight excluding hydrogens is 340 g/mol. The number of likely N-dealkylation sites (tertiary alicyclic amines) is 1. The molecule has 2 N–H and O–H groups in total. The minimum Gasteiger partial charge on any atom is -0.491 e. The van der Waals surface area contributed by atoms with Crippen molar-refractivity contribution in [1.82, 2.24) is 15.5 Å². The SMILES string of the molecule is CCN1CCCC(CNC(=NC)NCc2ccc(C)cc2OCCOC)C1. The predicted molar refractivity (Wildman–Crippen MR) is 112 cm³/mol. The Morgan fingerprint density at radius 3 is 2.89 bits per heavy atom. The molecule has 0 aromatic heterocycles. The topological polar surface area (TPSA) is 58.1 Å². The molecule has 1 heterocycles. The second-order valence-corrected chi connectivity index (χ2v) is 7.16. The maximum absolute atomic E-state index is 5.87. The van der Waals surface area contributed by atoms with Gasteiger partial charge in [-0.3, -0.25) is 4.99 Å². The van der Waals surface area contributed by atoms with Gasteiger partial charge in [-0.15, -0.1) is 0 Å². The van der Waals surface area contributed by atoms with Crippen LogP contribution < -0.4 is 15.4 Å². The van der Waals surface area contributed by atoms with Crippen molar-refractivity contribution in [3.05, 3.63) is 29.3 Å². The third-order valence-electron chi connectivity index (χ3n) is 5.05. The van der Waals surface area contributed by atoms with Crippen molar-refractivity contribution < 1.29 is 9.47 Å². The van der Waals surface area contributed by atoms with Gasteiger partial charge >= 0.3 is 0 Å². The first kappa shape index (κ1) is 21.5. The van der Waals surface area contributed by atoms with E-state index < -0.39 is 0 Å². The molecule has 1 unspecified atom stereocenters. The molecule has 27 heavy (non-hydrogen) atoms. The molecule has 0 spiro atoms. The fraction of sp³-hybridized carbons (Fsp3) is 0.667. The van der Waals surface area contributed by atoms with E-state index in [9.17, 15) is 0 Å². The molecule has 0 radical (unpaired) electrons. The van der Waals surface area contributed by atoms with Gasteiger partial charge in [0, 0.05) is 39.4 Å². The monoisotopic (exact) mass is 376 g/mol. The molecule has 1 aliphatic heterocycles. The Hall–Kier alpha value is -1.79. The molecule has 0 saturated carbocycles. The summed E-state index contributed by atoms with van der Waals surface area (Å²) in [4.78, 5) is 6.90. The quantitative estimate of drug-likeness (QED) is 0.394. The van der Waals surface area contributed by atoms with Crippen LogP contribution in [0.3, 0.4) is 0 Å². The van der Waals surface area contributed by atoms with E-state index in [2.05, 4.69) is 52.6 Å².